The molecule has 2 saturated heterocycles. The van der Waals surface area contributed by atoms with Crippen LogP contribution in [0.2, 0.25) is 0 Å². The molecule has 0 aromatic carbocycles. The highest BCUT2D eigenvalue weighted by Crippen LogP contribution is 2.18. The van der Waals surface area contributed by atoms with Gasteiger partial charge in [0.2, 0.25) is 0 Å². The SMILES string of the molecule is CC(CNC(=O)c1ccc(N2CCN(C3CCNCC3)CC2)nc1)C(=O)O. The van der Waals surface area contributed by atoms with Crippen LogP contribution in [0.5, 0.6) is 0 Å². The van der Waals surface area contributed by atoms with E-state index in [-0.39, 0.29) is 12.5 Å². The van der Waals surface area contributed by atoms with Crippen LogP contribution in [0.15, 0.2) is 18.3 Å². The number of pyridine rings is 1. The fourth-order valence-corrected chi connectivity index (χ4v) is 3.63. The zero-order valence-electron chi connectivity index (χ0n) is 15.9. The van der Waals surface area contributed by atoms with Gasteiger partial charge in [-0.1, -0.05) is 6.92 Å². The highest BCUT2D eigenvalue weighted by atomic mass is 16.4. The average molecular weight is 375 g/mol. The second kappa shape index (κ2) is 9.14. The van der Waals surface area contributed by atoms with Gasteiger partial charge >= 0.3 is 5.97 Å². The van der Waals surface area contributed by atoms with Gasteiger partial charge in [-0.3, -0.25) is 14.5 Å². The van der Waals surface area contributed by atoms with E-state index in [9.17, 15) is 9.59 Å². The normalized spacial score (nSPS) is 20.3. The number of hydrogen-bond donors (Lipinski definition) is 3. The fourth-order valence-electron chi connectivity index (χ4n) is 3.63. The second-order valence-corrected chi connectivity index (χ2v) is 7.36. The summed E-state index contributed by atoms with van der Waals surface area (Å²) in [6.07, 6.45) is 4.01. The number of rotatable bonds is 6. The summed E-state index contributed by atoms with van der Waals surface area (Å²) in [4.78, 5) is 32.2. The minimum absolute atomic E-state index is 0.106. The molecule has 0 bridgehead atoms. The molecule has 8 heteroatoms. The van der Waals surface area contributed by atoms with Crippen molar-refractivity contribution in [2.75, 3.05) is 50.7 Å². The molecule has 27 heavy (non-hydrogen) atoms. The molecule has 1 atom stereocenters. The number of carbonyl (C=O) groups excluding carboxylic acids is 1. The van der Waals surface area contributed by atoms with Gasteiger partial charge in [0.1, 0.15) is 5.82 Å². The maximum absolute atomic E-state index is 12.1. The van der Waals surface area contributed by atoms with E-state index < -0.39 is 11.9 Å². The van der Waals surface area contributed by atoms with E-state index in [0.29, 0.717) is 11.6 Å². The lowest BCUT2D eigenvalue weighted by Crippen LogP contribution is -2.53. The minimum Gasteiger partial charge on any atom is -0.481 e. The summed E-state index contributed by atoms with van der Waals surface area (Å²) in [6, 6.07) is 4.32. The molecule has 3 heterocycles. The summed E-state index contributed by atoms with van der Waals surface area (Å²) < 4.78 is 0. The van der Waals surface area contributed by atoms with Crippen molar-refractivity contribution < 1.29 is 14.7 Å². The van der Waals surface area contributed by atoms with Crippen molar-refractivity contribution >= 4 is 17.7 Å². The van der Waals surface area contributed by atoms with Crippen LogP contribution < -0.4 is 15.5 Å². The molecule has 1 aromatic heterocycles. The Balaban J connectivity index is 1.49. The third-order valence-electron chi connectivity index (χ3n) is 5.46. The van der Waals surface area contributed by atoms with Crippen LogP contribution in [0.1, 0.15) is 30.1 Å². The van der Waals surface area contributed by atoms with Gasteiger partial charge in [0, 0.05) is 45.0 Å². The van der Waals surface area contributed by atoms with Gasteiger partial charge in [-0.05, 0) is 38.1 Å². The van der Waals surface area contributed by atoms with E-state index in [4.69, 9.17) is 5.11 Å². The molecular formula is C19H29N5O3. The number of carboxylic acids is 1. The summed E-state index contributed by atoms with van der Waals surface area (Å²) in [5.74, 6) is -0.946. The number of carboxylic acid groups (broad SMARTS) is 1. The van der Waals surface area contributed by atoms with Gasteiger partial charge in [-0.2, -0.15) is 0 Å². The van der Waals surface area contributed by atoms with E-state index >= 15 is 0 Å². The van der Waals surface area contributed by atoms with Crippen LogP contribution in [0.3, 0.4) is 0 Å². The molecule has 1 amide bonds. The number of nitrogens with zero attached hydrogens (tertiary/aromatic N) is 3. The van der Waals surface area contributed by atoms with Crippen LogP contribution in [0.4, 0.5) is 5.82 Å². The number of aromatic nitrogens is 1. The Hall–Kier alpha value is -2.19. The Morgan fingerprint density at radius 3 is 2.56 bits per heavy atom. The maximum atomic E-state index is 12.1. The molecule has 2 aliphatic heterocycles. The van der Waals surface area contributed by atoms with Gasteiger partial charge in [0.15, 0.2) is 0 Å². The Labute approximate surface area is 159 Å². The van der Waals surface area contributed by atoms with Crippen molar-refractivity contribution in [2.24, 2.45) is 5.92 Å². The highest BCUT2D eigenvalue weighted by molar-refractivity contribution is 5.94. The maximum Gasteiger partial charge on any atom is 0.308 e. The van der Waals surface area contributed by atoms with Gasteiger partial charge in [0.05, 0.1) is 11.5 Å². The van der Waals surface area contributed by atoms with E-state index in [1.165, 1.54) is 12.8 Å². The number of hydrogen-bond acceptors (Lipinski definition) is 6. The molecular weight excluding hydrogens is 346 g/mol. The third-order valence-corrected chi connectivity index (χ3v) is 5.46. The quantitative estimate of drug-likeness (QED) is 0.662. The van der Waals surface area contributed by atoms with Crippen molar-refractivity contribution in [1.29, 1.82) is 0 Å². The lowest BCUT2D eigenvalue weighted by Gasteiger charge is -2.41. The molecule has 1 aromatic rings. The number of amides is 1. The largest absolute Gasteiger partial charge is 0.481 e. The first-order valence-corrected chi connectivity index (χ1v) is 9.71. The first-order chi connectivity index (χ1) is 13.0. The third kappa shape index (κ3) is 5.17. The first kappa shape index (κ1) is 19.6. The van der Waals surface area contributed by atoms with Crippen LogP contribution in [0.25, 0.3) is 0 Å². The van der Waals surface area contributed by atoms with E-state index in [1.54, 1.807) is 19.2 Å². The van der Waals surface area contributed by atoms with Crippen molar-refractivity contribution in [2.45, 2.75) is 25.8 Å². The molecule has 0 saturated carbocycles. The lowest BCUT2D eigenvalue weighted by atomic mass is 10.0. The van der Waals surface area contributed by atoms with Crippen LogP contribution in [0, 0.1) is 5.92 Å². The Morgan fingerprint density at radius 1 is 1.26 bits per heavy atom. The molecule has 2 fully saturated rings. The Bertz CT molecular complexity index is 637. The van der Waals surface area contributed by atoms with Gasteiger partial charge in [-0.25, -0.2) is 4.98 Å². The minimum atomic E-state index is -0.924. The number of aliphatic carboxylic acids is 1. The van der Waals surface area contributed by atoms with Gasteiger partial charge in [-0.15, -0.1) is 0 Å². The molecule has 0 spiro atoms. The van der Waals surface area contributed by atoms with E-state index in [1.807, 2.05) is 6.07 Å². The van der Waals surface area contributed by atoms with E-state index in [2.05, 4.69) is 25.4 Å². The summed E-state index contributed by atoms with van der Waals surface area (Å²) >= 11 is 0. The number of piperazine rings is 1. The van der Waals surface area contributed by atoms with Crippen molar-refractivity contribution in [1.82, 2.24) is 20.5 Å². The number of anilines is 1. The monoisotopic (exact) mass is 375 g/mol. The number of nitrogens with one attached hydrogen (secondary N) is 2. The molecule has 8 nitrogen and oxygen atoms in total. The van der Waals surface area contributed by atoms with Gasteiger partial charge < -0.3 is 20.6 Å². The summed E-state index contributed by atoms with van der Waals surface area (Å²) in [7, 11) is 0. The molecule has 0 radical (unpaired) electrons. The average Bonchev–Trinajstić information content (AvgIpc) is 2.72. The zero-order valence-corrected chi connectivity index (χ0v) is 15.9. The topological polar surface area (TPSA) is 97.8 Å². The predicted octanol–water partition coefficient (Wildman–Crippen LogP) is 0.406. The van der Waals surface area contributed by atoms with E-state index in [0.717, 1.165) is 45.1 Å². The number of carbonyl (C=O) groups is 2. The fraction of sp³-hybridized carbons (Fsp3) is 0.632. The molecule has 2 aliphatic rings. The van der Waals surface area contributed by atoms with Crippen LogP contribution in [-0.2, 0) is 4.79 Å². The Kier molecular flexibility index (Phi) is 6.63. The van der Waals surface area contributed by atoms with Crippen LogP contribution >= 0.6 is 0 Å². The van der Waals surface area contributed by atoms with Gasteiger partial charge in [0.25, 0.3) is 5.91 Å². The van der Waals surface area contributed by atoms with Crippen molar-refractivity contribution in [3.05, 3.63) is 23.9 Å². The highest BCUT2D eigenvalue weighted by Gasteiger charge is 2.25. The lowest BCUT2D eigenvalue weighted by molar-refractivity contribution is -0.140. The number of piperidine rings is 1. The zero-order chi connectivity index (χ0) is 19.2. The summed E-state index contributed by atoms with van der Waals surface area (Å²) in [5, 5.41) is 14.9. The molecule has 148 valence electrons. The van der Waals surface area contributed by atoms with Crippen molar-refractivity contribution in [3.8, 4) is 0 Å². The predicted molar refractivity (Wildman–Crippen MR) is 103 cm³/mol. The summed E-state index contributed by atoms with van der Waals surface area (Å²) in [5.41, 5.74) is 0.449. The van der Waals surface area contributed by atoms with Crippen molar-refractivity contribution in [3.63, 3.8) is 0 Å². The second-order valence-electron chi connectivity index (χ2n) is 7.36. The van der Waals surface area contributed by atoms with Crippen LogP contribution in [-0.4, -0.2) is 78.7 Å². The first-order valence-electron chi connectivity index (χ1n) is 9.71. The molecule has 0 aliphatic carbocycles. The molecule has 1 unspecified atom stereocenters. The molecule has 3 N–H and O–H groups in total. The summed E-state index contributed by atoms with van der Waals surface area (Å²) in [6.45, 7) is 7.87. The molecule has 3 rings (SSSR count). The standard InChI is InChI=1S/C19H29N5O3/c1-14(19(26)27)12-22-18(25)15-2-3-17(21-13-15)24-10-8-23(9-11-24)16-4-6-20-7-5-16/h2-3,13-14,16,20H,4-12H2,1H3,(H,22,25)(H,26,27). The smallest absolute Gasteiger partial charge is 0.308 e. The Morgan fingerprint density at radius 2 is 1.96 bits per heavy atom.